The van der Waals surface area contributed by atoms with E-state index < -0.39 is 0 Å². The number of nitrogens with one attached hydrogen (secondary N) is 2. The minimum atomic E-state index is 0. The van der Waals surface area contributed by atoms with Crippen LogP contribution in [0.1, 0.15) is 62.6 Å². The highest BCUT2D eigenvalue weighted by molar-refractivity contribution is 14.0. The summed E-state index contributed by atoms with van der Waals surface area (Å²) in [6, 6.07) is 0. The number of rotatable bonds is 6. The van der Waals surface area contributed by atoms with Crippen molar-refractivity contribution >= 4 is 41.3 Å². The van der Waals surface area contributed by atoms with E-state index in [2.05, 4.69) is 45.9 Å². The van der Waals surface area contributed by atoms with Crippen molar-refractivity contribution in [1.82, 2.24) is 15.6 Å². The van der Waals surface area contributed by atoms with Crippen LogP contribution in [0.5, 0.6) is 0 Å². The van der Waals surface area contributed by atoms with E-state index >= 15 is 0 Å². The third kappa shape index (κ3) is 7.20. The van der Waals surface area contributed by atoms with Crippen molar-refractivity contribution in [2.45, 2.75) is 58.4 Å². The Labute approximate surface area is 161 Å². The first-order chi connectivity index (χ1) is 10.7. The molecule has 23 heavy (non-hydrogen) atoms. The first-order valence-electron chi connectivity index (χ1n) is 8.25. The number of hydrogen-bond donors (Lipinski definition) is 2. The Balaban J connectivity index is 0.00000264. The van der Waals surface area contributed by atoms with Gasteiger partial charge in [-0.05, 0) is 32.1 Å². The average molecular weight is 448 g/mol. The van der Waals surface area contributed by atoms with E-state index in [0.29, 0.717) is 5.92 Å². The molecule has 130 valence electrons. The molecule has 0 aliphatic heterocycles. The molecule has 0 saturated carbocycles. The molecule has 6 heteroatoms. The van der Waals surface area contributed by atoms with Crippen LogP contribution in [0.25, 0.3) is 0 Å². The second-order valence-electron chi connectivity index (χ2n) is 6.04. The molecule has 1 heterocycles. The van der Waals surface area contributed by atoms with E-state index in [1.54, 1.807) is 16.9 Å². The van der Waals surface area contributed by atoms with Crippen LogP contribution in [0.3, 0.4) is 0 Å². The summed E-state index contributed by atoms with van der Waals surface area (Å²) >= 11 is 1.73. The van der Waals surface area contributed by atoms with Gasteiger partial charge in [-0.3, -0.25) is 4.99 Å². The van der Waals surface area contributed by atoms with Crippen molar-refractivity contribution in [1.29, 1.82) is 0 Å². The van der Waals surface area contributed by atoms with E-state index in [4.69, 9.17) is 0 Å². The number of aliphatic imine (C=N–C) groups is 1. The van der Waals surface area contributed by atoms with Crippen LogP contribution in [0, 0.1) is 0 Å². The third-order valence-corrected chi connectivity index (χ3v) is 5.04. The Morgan fingerprint density at radius 1 is 1.35 bits per heavy atom. The van der Waals surface area contributed by atoms with Crippen molar-refractivity contribution in [2.75, 3.05) is 13.6 Å². The van der Waals surface area contributed by atoms with Gasteiger partial charge in [-0.1, -0.05) is 25.5 Å². The largest absolute Gasteiger partial charge is 0.356 e. The van der Waals surface area contributed by atoms with Crippen molar-refractivity contribution in [3.63, 3.8) is 0 Å². The number of halogens is 1. The molecular formula is C17H29IN4S. The molecule has 0 amide bonds. The SMILES string of the molecule is CN=C(NCCC1=CCCCC1)NCc1csc(C(C)C)n1.I. The number of hydrogen-bond acceptors (Lipinski definition) is 3. The summed E-state index contributed by atoms with van der Waals surface area (Å²) in [4.78, 5) is 8.91. The molecule has 1 aliphatic carbocycles. The molecule has 0 fully saturated rings. The zero-order valence-electron chi connectivity index (χ0n) is 14.4. The summed E-state index contributed by atoms with van der Waals surface area (Å²) in [5.74, 6) is 1.36. The van der Waals surface area contributed by atoms with Crippen LogP contribution in [0.4, 0.5) is 0 Å². The number of nitrogens with zero attached hydrogens (tertiary/aromatic N) is 2. The molecule has 0 spiro atoms. The lowest BCUT2D eigenvalue weighted by Crippen LogP contribution is -2.37. The number of allylic oxidation sites excluding steroid dienone is 1. The monoisotopic (exact) mass is 448 g/mol. The molecule has 0 atom stereocenters. The van der Waals surface area contributed by atoms with E-state index in [1.165, 1.54) is 30.7 Å². The summed E-state index contributed by atoms with van der Waals surface area (Å²) in [7, 11) is 1.82. The zero-order chi connectivity index (χ0) is 15.8. The summed E-state index contributed by atoms with van der Waals surface area (Å²) in [5.41, 5.74) is 2.68. The van der Waals surface area contributed by atoms with Gasteiger partial charge in [0.25, 0.3) is 0 Å². The first kappa shape index (κ1) is 20.4. The molecule has 4 nitrogen and oxygen atoms in total. The van der Waals surface area contributed by atoms with Gasteiger partial charge >= 0.3 is 0 Å². The molecule has 0 saturated heterocycles. The molecule has 0 aromatic carbocycles. The van der Waals surface area contributed by atoms with Gasteiger partial charge in [0.1, 0.15) is 0 Å². The fourth-order valence-electron chi connectivity index (χ4n) is 2.54. The minimum Gasteiger partial charge on any atom is -0.356 e. The van der Waals surface area contributed by atoms with Gasteiger partial charge in [-0.15, -0.1) is 35.3 Å². The maximum Gasteiger partial charge on any atom is 0.191 e. The Bertz CT molecular complexity index is 522. The first-order valence-corrected chi connectivity index (χ1v) is 9.13. The summed E-state index contributed by atoms with van der Waals surface area (Å²) in [6.45, 7) is 6.03. The van der Waals surface area contributed by atoms with Gasteiger partial charge in [0.2, 0.25) is 0 Å². The van der Waals surface area contributed by atoms with Crippen molar-refractivity contribution < 1.29 is 0 Å². The summed E-state index contributed by atoms with van der Waals surface area (Å²) in [6.07, 6.45) is 8.75. The van der Waals surface area contributed by atoms with Gasteiger partial charge in [0.05, 0.1) is 17.2 Å². The fraction of sp³-hybridized carbons (Fsp3) is 0.647. The maximum absolute atomic E-state index is 4.63. The second kappa shape index (κ2) is 11.0. The topological polar surface area (TPSA) is 49.3 Å². The van der Waals surface area contributed by atoms with Gasteiger partial charge in [-0.2, -0.15) is 0 Å². The Morgan fingerprint density at radius 3 is 2.78 bits per heavy atom. The fourth-order valence-corrected chi connectivity index (χ4v) is 3.37. The highest BCUT2D eigenvalue weighted by atomic mass is 127. The van der Waals surface area contributed by atoms with Crippen LogP contribution in [-0.4, -0.2) is 24.5 Å². The van der Waals surface area contributed by atoms with Crippen LogP contribution >= 0.6 is 35.3 Å². The number of thiazole rings is 1. The van der Waals surface area contributed by atoms with Crippen LogP contribution in [0.15, 0.2) is 22.0 Å². The van der Waals surface area contributed by atoms with Gasteiger partial charge in [0.15, 0.2) is 5.96 Å². The molecule has 1 aliphatic rings. The molecule has 0 radical (unpaired) electrons. The lowest BCUT2D eigenvalue weighted by atomic mass is 9.97. The number of guanidine groups is 1. The Morgan fingerprint density at radius 2 is 2.17 bits per heavy atom. The smallest absolute Gasteiger partial charge is 0.191 e. The predicted octanol–water partition coefficient (Wildman–Crippen LogP) is 4.44. The summed E-state index contributed by atoms with van der Waals surface area (Å²) in [5, 5.41) is 10.1. The van der Waals surface area contributed by atoms with E-state index in [-0.39, 0.29) is 24.0 Å². The summed E-state index contributed by atoms with van der Waals surface area (Å²) < 4.78 is 0. The highest BCUT2D eigenvalue weighted by Crippen LogP contribution is 2.20. The van der Waals surface area contributed by atoms with Crippen LogP contribution < -0.4 is 10.6 Å². The Hall–Kier alpha value is -0.630. The lowest BCUT2D eigenvalue weighted by Gasteiger charge is -2.14. The van der Waals surface area contributed by atoms with Crippen LogP contribution in [0.2, 0.25) is 0 Å². The minimum absolute atomic E-state index is 0. The Kier molecular flexibility index (Phi) is 9.78. The average Bonchev–Trinajstić information content (AvgIpc) is 3.01. The molecular weight excluding hydrogens is 419 g/mol. The molecule has 1 aromatic rings. The predicted molar refractivity (Wildman–Crippen MR) is 111 cm³/mol. The van der Waals surface area contributed by atoms with Crippen molar-refractivity contribution in [3.05, 3.63) is 27.7 Å². The lowest BCUT2D eigenvalue weighted by molar-refractivity contribution is 0.665. The number of aromatic nitrogens is 1. The quantitative estimate of drug-likeness (QED) is 0.293. The second-order valence-corrected chi connectivity index (χ2v) is 6.93. The van der Waals surface area contributed by atoms with Gasteiger partial charge in [0, 0.05) is 24.9 Å². The normalized spacial score (nSPS) is 15.1. The molecule has 2 N–H and O–H groups in total. The molecule has 1 aromatic heterocycles. The standard InChI is InChI=1S/C17H28N4S.HI/c1-13(2)16-21-15(12-22-16)11-20-17(18-3)19-10-9-14-7-5-4-6-8-14;/h7,12-13H,4-6,8-11H2,1-3H3,(H2,18,19,20);1H. The van der Waals surface area contributed by atoms with Gasteiger partial charge in [-0.25, -0.2) is 4.98 Å². The van der Waals surface area contributed by atoms with E-state index in [1.807, 2.05) is 7.05 Å². The molecule has 2 rings (SSSR count). The van der Waals surface area contributed by atoms with Crippen molar-refractivity contribution in [3.8, 4) is 0 Å². The molecule has 0 unspecified atom stereocenters. The van der Waals surface area contributed by atoms with E-state index in [9.17, 15) is 0 Å². The molecule has 0 bridgehead atoms. The highest BCUT2D eigenvalue weighted by Gasteiger charge is 2.07. The zero-order valence-corrected chi connectivity index (χ0v) is 17.5. The third-order valence-electron chi connectivity index (χ3n) is 3.85. The van der Waals surface area contributed by atoms with Crippen LogP contribution in [-0.2, 0) is 6.54 Å². The van der Waals surface area contributed by atoms with E-state index in [0.717, 1.165) is 31.2 Å². The van der Waals surface area contributed by atoms with Crippen molar-refractivity contribution in [2.24, 2.45) is 4.99 Å². The van der Waals surface area contributed by atoms with Gasteiger partial charge < -0.3 is 10.6 Å². The maximum atomic E-state index is 4.63.